The Balaban J connectivity index is 2.15. The predicted molar refractivity (Wildman–Crippen MR) is 51.0 cm³/mol. The van der Waals surface area contributed by atoms with E-state index in [1.54, 1.807) is 6.07 Å². The third-order valence-corrected chi connectivity index (χ3v) is 2.22. The van der Waals surface area contributed by atoms with Gasteiger partial charge in [-0.2, -0.15) is 0 Å². The third kappa shape index (κ3) is 1.80. The van der Waals surface area contributed by atoms with Gasteiger partial charge in [0.05, 0.1) is 11.7 Å². The van der Waals surface area contributed by atoms with Crippen molar-refractivity contribution in [1.82, 2.24) is 0 Å². The highest BCUT2D eigenvalue weighted by molar-refractivity contribution is 5.58. The van der Waals surface area contributed by atoms with Gasteiger partial charge in [-0.3, -0.25) is 0 Å². The predicted octanol–water partition coefficient (Wildman–Crippen LogP) is 1.38. The van der Waals surface area contributed by atoms with Crippen molar-refractivity contribution in [1.29, 1.82) is 0 Å². The van der Waals surface area contributed by atoms with Crippen LogP contribution < -0.4 is 10.1 Å². The Kier molecular flexibility index (Phi) is 2.54. The van der Waals surface area contributed by atoms with Crippen LogP contribution in [0.5, 0.6) is 5.75 Å². The highest BCUT2D eigenvalue weighted by atomic mass is 19.1. The van der Waals surface area contributed by atoms with Crippen molar-refractivity contribution >= 4 is 5.69 Å². The van der Waals surface area contributed by atoms with Crippen LogP contribution in [0, 0.1) is 5.82 Å². The van der Waals surface area contributed by atoms with Gasteiger partial charge in [-0.15, -0.1) is 0 Å². The van der Waals surface area contributed by atoms with E-state index in [1.807, 2.05) is 0 Å². The van der Waals surface area contributed by atoms with Crippen LogP contribution in [0.4, 0.5) is 10.1 Å². The Morgan fingerprint density at radius 1 is 1.57 bits per heavy atom. The van der Waals surface area contributed by atoms with Gasteiger partial charge in [0.25, 0.3) is 0 Å². The van der Waals surface area contributed by atoms with Crippen molar-refractivity contribution in [2.45, 2.75) is 12.5 Å². The first-order chi connectivity index (χ1) is 6.79. The van der Waals surface area contributed by atoms with Crippen LogP contribution in [0.15, 0.2) is 18.2 Å². The number of halogens is 1. The minimum Gasteiger partial charge on any atom is -0.489 e. The molecular weight excluding hydrogens is 185 g/mol. The van der Waals surface area contributed by atoms with Crippen molar-refractivity contribution in [2.75, 3.05) is 18.5 Å². The quantitative estimate of drug-likeness (QED) is 0.752. The van der Waals surface area contributed by atoms with E-state index in [4.69, 9.17) is 9.84 Å². The standard InChI is InChI=1S/C10H12FNO2/c11-7-1-2-9-10(5-7)14-6-8(12-9)3-4-13/h1-2,5,8,12-13H,3-4,6H2/t8-/m0/s1. The number of fused-ring (bicyclic) bond motifs is 1. The fourth-order valence-corrected chi connectivity index (χ4v) is 1.50. The molecule has 1 heterocycles. The SMILES string of the molecule is OCC[C@H]1COc2cc(F)ccc2N1. The van der Waals surface area contributed by atoms with E-state index in [2.05, 4.69) is 5.32 Å². The van der Waals surface area contributed by atoms with Crippen LogP contribution in [0.25, 0.3) is 0 Å². The van der Waals surface area contributed by atoms with E-state index < -0.39 is 0 Å². The fraction of sp³-hybridized carbons (Fsp3) is 0.400. The summed E-state index contributed by atoms with van der Waals surface area (Å²) in [5, 5.41) is 11.9. The summed E-state index contributed by atoms with van der Waals surface area (Å²) in [6, 6.07) is 4.50. The molecule has 1 aromatic carbocycles. The second-order valence-electron chi connectivity index (χ2n) is 3.31. The maximum Gasteiger partial charge on any atom is 0.145 e. The first kappa shape index (κ1) is 9.27. The molecule has 0 spiro atoms. The number of anilines is 1. The molecule has 0 radical (unpaired) electrons. The molecule has 1 atom stereocenters. The zero-order valence-electron chi connectivity index (χ0n) is 7.66. The highest BCUT2D eigenvalue weighted by Crippen LogP contribution is 2.29. The molecular formula is C10H12FNO2. The molecule has 2 rings (SSSR count). The van der Waals surface area contributed by atoms with E-state index in [9.17, 15) is 4.39 Å². The van der Waals surface area contributed by atoms with Crippen LogP contribution in [0.2, 0.25) is 0 Å². The lowest BCUT2D eigenvalue weighted by Gasteiger charge is -2.26. The molecule has 0 bridgehead atoms. The second kappa shape index (κ2) is 3.84. The molecule has 0 amide bonds. The summed E-state index contributed by atoms with van der Waals surface area (Å²) in [6.07, 6.45) is 0.636. The van der Waals surface area contributed by atoms with Crippen LogP contribution in [0.3, 0.4) is 0 Å². The van der Waals surface area contributed by atoms with E-state index in [0.717, 1.165) is 5.69 Å². The number of hydrogen-bond acceptors (Lipinski definition) is 3. The lowest BCUT2D eigenvalue weighted by molar-refractivity contribution is 0.232. The Morgan fingerprint density at radius 3 is 3.21 bits per heavy atom. The van der Waals surface area contributed by atoms with Gasteiger partial charge in [-0.1, -0.05) is 0 Å². The van der Waals surface area contributed by atoms with Crippen LogP contribution in [-0.4, -0.2) is 24.4 Å². The number of aliphatic hydroxyl groups is 1. The first-order valence-electron chi connectivity index (χ1n) is 4.59. The topological polar surface area (TPSA) is 41.5 Å². The van der Waals surface area contributed by atoms with Gasteiger partial charge in [-0.25, -0.2) is 4.39 Å². The highest BCUT2D eigenvalue weighted by Gasteiger charge is 2.18. The zero-order valence-corrected chi connectivity index (χ0v) is 7.66. The van der Waals surface area contributed by atoms with Crippen molar-refractivity contribution in [3.63, 3.8) is 0 Å². The molecule has 76 valence electrons. The molecule has 0 unspecified atom stereocenters. The fourth-order valence-electron chi connectivity index (χ4n) is 1.50. The molecule has 0 saturated heterocycles. The summed E-state index contributed by atoms with van der Waals surface area (Å²) < 4.78 is 18.1. The van der Waals surface area contributed by atoms with Gasteiger partial charge in [0.15, 0.2) is 0 Å². The Labute approximate surface area is 81.5 Å². The number of rotatable bonds is 2. The smallest absolute Gasteiger partial charge is 0.145 e. The molecule has 1 aliphatic heterocycles. The summed E-state index contributed by atoms with van der Waals surface area (Å²) >= 11 is 0. The minimum atomic E-state index is -0.300. The number of ether oxygens (including phenoxy) is 1. The van der Waals surface area contributed by atoms with Crippen molar-refractivity contribution in [3.05, 3.63) is 24.0 Å². The monoisotopic (exact) mass is 197 g/mol. The number of nitrogens with one attached hydrogen (secondary N) is 1. The molecule has 3 nitrogen and oxygen atoms in total. The van der Waals surface area contributed by atoms with E-state index in [1.165, 1.54) is 12.1 Å². The second-order valence-corrected chi connectivity index (χ2v) is 3.31. The van der Waals surface area contributed by atoms with Crippen LogP contribution in [0.1, 0.15) is 6.42 Å². The average molecular weight is 197 g/mol. The van der Waals surface area contributed by atoms with Gasteiger partial charge in [0.2, 0.25) is 0 Å². The Hall–Kier alpha value is -1.29. The van der Waals surface area contributed by atoms with Crippen LogP contribution >= 0.6 is 0 Å². The van der Waals surface area contributed by atoms with Gasteiger partial charge in [0, 0.05) is 12.7 Å². The molecule has 1 aromatic rings. The van der Waals surface area contributed by atoms with Crippen molar-refractivity contribution in [3.8, 4) is 5.75 Å². The minimum absolute atomic E-state index is 0.109. The lowest BCUT2D eigenvalue weighted by Crippen LogP contribution is -2.32. The number of benzene rings is 1. The Bertz CT molecular complexity index is 330. The van der Waals surface area contributed by atoms with E-state index in [-0.39, 0.29) is 18.5 Å². The first-order valence-corrected chi connectivity index (χ1v) is 4.59. The summed E-state index contributed by atoms with van der Waals surface area (Å²) in [4.78, 5) is 0. The van der Waals surface area contributed by atoms with Gasteiger partial charge in [0.1, 0.15) is 18.2 Å². The van der Waals surface area contributed by atoms with E-state index in [0.29, 0.717) is 18.8 Å². The Morgan fingerprint density at radius 2 is 2.43 bits per heavy atom. The van der Waals surface area contributed by atoms with Gasteiger partial charge >= 0.3 is 0 Å². The zero-order chi connectivity index (χ0) is 9.97. The van der Waals surface area contributed by atoms with Crippen molar-refractivity contribution in [2.24, 2.45) is 0 Å². The maximum atomic E-state index is 12.8. The van der Waals surface area contributed by atoms with Crippen molar-refractivity contribution < 1.29 is 14.2 Å². The average Bonchev–Trinajstić information content (AvgIpc) is 2.19. The largest absolute Gasteiger partial charge is 0.489 e. The number of aliphatic hydroxyl groups excluding tert-OH is 1. The van der Waals surface area contributed by atoms with Gasteiger partial charge in [-0.05, 0) is 18.6 Å². The van der Waals surface area contributed by atoms with E-state index >= 15 is 0 Å². The molecule has 0 saturated carbocycles. The lowest BCUT2D eigenvalue weighted by atomic mass is 10.1. The molecule has 0 aliphatic carbocycles. The summed E-state index contributed by atoms with van der Waals surface area (Å²) in [7, 11) is 0. The normalized spacial score (nSPS) is 19.4. The van der Waals surface area contributed by atoms with Crippen LogP contribution in [-0.2, 0) is 0 Å². The third-order valence-electron chi connectivity index (χ3n) is 2.22. The molecule has 0 aromatic heterocycles. The summed E-state index contributed by atoms with van der Waals surface area (Å²) in [5.41, 5.74) is 0.788. The molecule has 4 heteroatoms. The maximum absolute atomic E-state index is 12.8. The molecule has 0 fully saturated rings. The molecule has 14 heavy (non-hydrogen) atoms. The number of hydrogen-bond donors (Lipinski definition) is 2. The molecule has 2 N–H and O–H groups in total. The summed E-state index contributed by atoms with van der Waals surface area (Å²) in [6.45, 7) is 0.592. The van der Waals surface area contributed by atoms with Gasteiger partial charge < -0.3 is 15.2 Å². The molecule has 1 aliphatic rings. The summed E-state index contributed by atoms with van der Waals surface area (Å²) in [5.74, 6) is 0.241.